The Morgan fingerprint density at radius 2 is 1.08 bits per heavy atom. The first kappa shape index (κ1) is 19.7. The maximum atomic E-state index is 8.92. The average molecular weight is 371 g/mol. The quantitative estimate of drug-likeness (QED) is 0.550. The van der Waals surface area contributed by atoms with E-state index in [1.165, 1.54) is 62.7 Å². The topological polar surface area (TPSA) is 47.6 Å². The Kier molecular flexibility index (Phi) is 7.24. The van der Waals surface area contributed by atoms with E-state index in [2.05, 4.69) is 19.1 Å². The summed E-state index contributed by atoms with van der Waals surface area (Å²) in [6.07, 6.45) is 8.46. The Bertz CT molecular complexity index is 813. The van der Waals surface area contributed by atoms with Crippen molar-refractivity contribution in [2.24, 2.45) is 0 Å². The third-order valence-corrected chi connectivity index (χ3v) is 7.08. The monoisotopic (exact) mass is 370 g/mol. The number of nitriles is 2. The molecule has 2 aliphatic carbocycles. The van der Waals surface area contributed by atoms with Gasteiger partial charge in [0.1, 0.15) is 12.1 Å². The summed E-state index contributed by atoms with van der Waals surface area (Å²) >= 11 is 3.62. The maximum absolute atomic E-state index is 8.92. The van der Waals surface area contributed by atoms with Gasteiger partial charge in [0, 0.05) is 19.5 Å². The van der Waals surface area contributed by atoms with Gasteiger partial charge in [-0.05, 0) is 69.9 Å². The zero-order valence-corrected chi connectivity index (χ0v) is 17.3. The molecule has 4 rings (SSSR count). The lowest BCUT2D eigenvalue weighted by Crippen LogP contribution is -1.99. The molecule has 0 fully saturated rings. The van der Waals surface area contributed by atoms with E-state index in [1.807, 2.05) is 32.1 Å². The van der Waals surface area contributed by atoms with E-state index in [9.17, 15) is 0 Å². The third-order valence-electron chi connectivity index (χ3n) is 4.67. The first-order chi connectivity index (χ1) is 12.2. The Morgan fingerprint density at radius 1 is 0.680 bits per heavy atom. The third kappa shape index (κ3) is 4.14. The Labute approximate surface area is 159 Å². The highest BCUT2D eigenvalue weighted by molar-refractivity contribution is 7.12. The molecule has 0 radical (unpaired) electrons. The molecule has 132 valence electrons. The molecule has 0 amide bonds. The summed E-state index contributed by atoms with van der Waals surface area (Å²) in [5.41, 5.74) is 4.62. The Balaban J connectivity index is 0.000000165. The second kappa shape index (κ2) is 9.18. The average Bonchev–Trinajstić information content (AvgIpc) is 3.28. The lowest BCUT2D eigenvalue weighted by Gasteiger charge is -2.09. The lowest BCUT2D eigenvalue weighted by molar-refractivity contribution is 0.696. The number of fused-ring (bicyclic) bond motifs is 2. The van der Waals surface area contributed by atoms with Crippen molar-refractivity contribution in [3.63, 3.8) is 0 Å². The number of thiophene rings is 2. The summed E-state index contributed by atoms with van der Waals surface area (Å²) in [7, 11) is 0. The Hall–Kier alpha value is -1.62. The molecule has 2 aliphatic rings. The van der Waals surface area contributed by atoms with Gasteiger partial charge >= 0.3 is 0 Å². The van der Waals surface area contributed by atoms with Crippen LogP contribution in [-0.2, 0) is 25.7 Å². The molecule has 0 N–H and O–H groups in total. The van der Waals surface area contributed by atoms with Crippen LogP contribution in [0.25, 0.3) is 0 Å². The van der Waals surface area contributed by atoms with Gasteiger partial charge in [0.25, 0.3) is 0 Å². The molecule has 0 saturated carbocycles. The first-order valence-electron chi connectivity index (χ1n) is 9.18. The Morgan fingerprint density at radius 3 is 1.56 bits per heavy atom. The van der Waals surface area contributed by atoms with Crippen LogP contribution in [0.3, 0.4) is 0 Å². The molecular formula is C21H26N2S2. The van der Waals surface area contributed by atoms with Crippen LogP contribution in [0.4, 0.5) is 0 Å². The fourth-order valence-electron chi connectivity index (χ4n) is 3.54. The smallest absolute Gasteiger partial charge is 0.101 e. The minimum atomic E-state index is 0.961. The maximum Gasteiger partial charge on any atom is 0.101 e. The van der Waals surface area contributed by atoms with Crippen LogP contribution in [0.15, 0.2) is 0 Å². The van der Waals surface area contributed by atoms with E-state index >= 15 is 0 Å². The van der Waals surface area contributed by atoms with Gasteiger partial charge < -0.3 is 0 Å². The second-order valence-electron chi connectivity index (χ2n) is 6.15. The first-order valence-corrected chi connectivity index (χ1v) is 10.8. The summed E-state index contributed by atoms with van der Waals surface area (Å²) in [6, 6.07) is 4.60. The van der Waals surface area contributed by atoms with Gasteiger partial charge in [-0.25, -0.2) is 0 Å². The summed E-state index contributed by atoms with van der Waals surface area (Å²) in [4.78, 5) is 5.34. The number of rotatable bonds is 0. The van der Waals surface area contributed by atoms with Crippen molar-refractivity contribution in [3.05, 3.63) is 41.8 Å². The number of nitrogens with zero attached hydrogens (tertiary/aromatic N) is 2. The zero-order valence-electron chi connectivity index (χ0n) is 15.7. The van der Waals surface area contributed by atoms with Gasteiger partial charge in [0.05, 0.1) is 11.1 Å². The van der Waals surface area contributed by atoms with Gasteiger partial charge in [0.2, 0.25) is 0 Å². The molecule has 25 heavy (non-hydrogen) atoms. The van der Waals surface area contributed by atoms with Crippen molar-refractivity contribution in [2.75, 3.05) is 0 Å². The van der Waals surface area contributed by atoms with Gasteiger partial charge in [-0.3, -0.25) is 0 Å². The molecule has 2 nitrogen and oxygen atoms in total. The lowest BCUT2D eigenvalue weighted by atomic mass is 9.95. The molecule has 4 heteroatoms. The van der Waals surface area contributed by atoms with Gasteiger partial charge in [0.15, 0.2) is 0 Å². The normalized spacial score (nSPS) is 14.0. The minimum absolute atomic E-state index is 0.961. The molecule has 0 saturated heterocycles. The van der Waals surface area contributed by atoms with Crippen LogP contribution in [0.1, 0.15) is 74.9 Å². The largest absolute Gasteiger partial charge is 0.192 e. The van der Waals surface area contributed by atoms with Gasteiger partial charge in [-0.1, -0.05) is 13.8 Å². The van der Waals surface area contributed by atoms with Crippen molar-refractivity contribution in [2.45, 2.75) is 72.6 Å². The van der Waals surface area contributed by atoms with E-state index in [4.69, 9.17) is 10.5 Å². The number of hydrogen-bond acceptors (Lipinski definition) is 4. The van der Waals surface area contributed by atoms with Crippen LogP contribution < -0.4 is 0 Å². The summed E-state index contributed by atoms with van der Waals surface area (Å²) in [6.45, 7) is 8.10. The predicted molar refractivity (Wildman–Crippen MR) is 108 cm³/mol. The summed E-state index contributed by atoms with van der Waals surface area (Å²) in [5.74, 6) is 0. The molecule has 0 aliphatic heterocycles. The van der Waals surface area contributed by atoms with Crippen molar-refractivity contribution in [1.82, 2.24) is 0 Å². The molecular weight excluding hydrogens is 344 g/mol. The van der Waals surface area contributed by atoms with Crippen molar-refractivity contribution >= 4 is 22.7 Å². The molecule has 0 aromatic carbocycles. The molecule has 0 atom stereocenters. The molecule has 2 heterocycles. The van der Waals surface area contributed by atoms with Crippen molar-refractivity contribution in [1.29, 1.82) is 10.5 Å². The van der Waals surface area contributed by atoms with Crippen LogP contribution in [-0.4, -0.2) is 0 Å². The van der Waals surface area contributed by atoms with Crippen LogP contribution in [0.2, 0.25) is 0 Å². The van der Waals surface area contributed by atoms with E-state index in [-0.39, 0.29) is 0 Å². The highest BCUT2D eigenvalue weighted by Crippen LogP contribution is 2.34. The van der Waals surface area contributed by atoms with Gasteiger partial charge in [-0.15, -0.1) is 22.7 Å². The van der Waals surface area contributed by atoms with Crippen molar-refractivity contribution in [3.8, 4) is 12.1 Å². The molecule has 0 unspecified atom stereocenters. The molecule has 2 aromatic heterocycles. The van der Waals surface area contributed by atoms with E-state index in [0.717, 1.165) is 24.0 Å². The summed E-state index contributed by atoms with van der Waals surface area (Å²) in [5, 5.41) is 17.7. The minimum Gasteiger partial charge on any atom is -0.192 e. The predicted octanol–water partition coefficient (Wildman–Crippen LogP) is 6.25. The SMILES string of the molecule is CC.Cc1sc2c(c1C#N)CCC2.Cc1sc2c(c1C#N)CCCC2. The van der Waals surface area contributed by atoms with Crippen LogP contribution in [0.5, 0.6) is 0 Å². The number of aryl methyl sites for hydroxylation is 4. The standard InChI is InChI=1S/C10H11NS.C9H9NS.C2H6/c1-7-9(6-11)8-4-2-3-5-10(8)12-7;1-6-8(5-10)7-3-2-4-9(7)11-6;1-2/h2-5H2,1H3;2-4H2,1H3;1-2H3. The highest BCUT2D eigenvalue weighted by Gasteiger charge is 2.19. The second-order valence-corrected chi connectivity index (χ2v) is 8.77. The van der Waals surface area contributed by atoms with Crippen LogP contribution in [0, 0.1) is 36.5 Å². The van der Waals surface area contributed by atoms with E-state index in [1.54, 1.807) is 11.3 Å². The fraction of sp³-hybridized carbons (Fsp3) is 0.524. The zero-order chi connectivity index (χ0) is 18.4. The molecule has 0 bridgehead atoms. The van der Waals surface area contributed by atoms with E-state index in [0.29, 0.717) is 0 Å². The summed E-state index contributed by atoms with van der Waals surface area (Å²) < 4.78 is 0. The van der Waals surface area contributed by atoms with Crippen molar-refractivity contribution < 1.29 is 0 Å². The number of hydrogen-bond donors (Lipinski definition) is 0. The van der Waals surface area contributed by atoms with E-state index < -0.39 is 0 Å². The molecule has 2 aromatic rings. The van der Waals surface area contributed by atoms with Crippen LogP contribution >= 0.6 is 22.7 Å². The van der Waals surface area contributed by atoms with Gasteiger partial charge in [-0.2, -0.15) is 10.5 Å². The fourth-order valence-corrected chi connectivity index (χ4v) is 5.97. The molecule has 0 spiro atoms. The highest BCUT2D eigenvalue weighted by atomic mass is 32.1.